The maximum absolute atomic E-state index is 11.2. The van der Waals surface area contributed by atoms with Crippen molar-refractivity contribution in [2.75, 3.05) is 6.54 Å². The van der Waals surface area contributed by atoms with Crippen LogP contribution in [0.2, 0.25) is 0 Å². The first-order valence-electron chi connectivity index (χ1n) is 6.11. The van der Waals surface area contributed by atoms with Gasteiger partial charge in [0.25, 0.3) is 0 Å². The zero-order valence-electron chi connectivity index (χ0n) is 10.8. The van der Waals surface area contributed by atoms with Gasteiger partial charge in [0.15, 0.2) is 0 Å². The van der Waals surface area contributed by atoms with Crippen LogP contribution in [0.4, 0.5) is 0 Å². The highest BCUT2D eigenvalue weighted by atomic mass is 16.4. The first-order chi connectivity index (χ1) is 8.10. The minimum Gasteiger partial charge on any atom is -0.480 e. The lowest BCUT2D eigenvalue weighted by molar-refractivity contribution is -0.143. The highest BCUT2D eigenvalue weighted by Crippen LogP contribution is 2.14. The Bertz CT molecular complexity index is 376. The summed E-state index contributed by atoms with van der Waals surface area (Å²) in [5.41, 5.74) is 2.42. The number of carboxylic acid groups (broad SMARTS) is 1. The van der Waals surface area contributed by atoms with Gasteiger partial charge in [-0.3, -0.25) is 9.69 Å². The van der Waals surface area contributed by atoms with E-state index in [9.17, 15) is 9.90 Å². The monoisotopic (exact) mass is 235 g/mol. The van der Waals surface area contributed by atoms with Gasteiger partial charge < -0.3 is 5.11 Å². The standard InChI is InChI=1S/C14H21NO2/c1-4-13(14(16)17)15(5-2)10-12-9-7-6-8-11(12)3/h6-9,13H,4-5,10H2,1-3H3,(H,16,17)/t13-/m0/s1. The summed E-state index contributed by atoms with van der Waals surface area (Å²) in [5, 5.41) is 9.18. The molecule has 3 heteroatoms. The molecule has 0 aliphatic heterocycles. The molecule has 0 aromatic heterocycles. The molecule has 0 unspecified atom stereocenters. The summed E-state index contributed by atoms with van der Waals surface area (Å²) in [6.07, 6.45) is 0.634. The number of hydrogen-bond donors (Lipinski definition) is 1. The van der Waals surface area contributed by atoms with E-state index in [-0.39, 0.29) is 6.04 Å². The molecule has 0 aliphatic carbocycles. The molecule has 0 spiro atoms. The Morgan fingerprint density at radius 3 is 2.47 bits per heavy atom. The van der Waals surface area contributed by atoms with E-state index >= 15 is 0 Å². The van der Waals surface area contributed by atoms with Crippen molar-refractivity contribution in [1.29, 1.82) is 0 Å². The summed E-state index contributed by atoms with van der Waals surface area (Å²) in [5.74, 6) is -0.733. The van der Waals surface area contributed by atoms with Crippen LogP contribution in [0.3, 0.4) is 0 Å². The third kappa shape index (κ3) is 3.56. The fourth-order valence-corrected chi connectivity index (χ4v) is 2.04. The summed E-state index contributed by atoms with van der Waals surface area (Å²) in [4.78, 5) is 13.2. The van der Waals surface area contributed by atoms with Crippen LogP contribution in [0, 0.1) is 6.92 Å². The molecule has 0 fully saturated rings. The van der Waals surface area contributed by atoms with Crippen LogP contribution in [-0.2, 0) is 11.3 Å². The number of hydrogen-bond acceptors (Lipinski definition) is 2. The average molecular weight is 235 g/mol. The Morgan fingerprint density at radius 2 is 2.00 bits per heavy atom. The second-order valence-electron chi connectivity index (χ2n) is 4.25. The van der Waals surface area contributed by atoms with Crippen LogP contribution in [0.25, 0.3) is 0 Å². The molecule has 3 nitrogen and oxygen atoms in total. The van der Waals surface area contributed by atoms with Gasteiger partial charge >= 0.3 is 5.97 Å². The van der Waals surface area contributed by atoms with E-state index in [4.69, 9.17) is 0 Å². The molecule has 1 aromatic carbocycles. The third-order valence-electron chi connectivity index (χ3n) is 3.15. The van der Waals surface area contributed by atoms with Crippen molar-refractivity contribution in [2.45, 2.75) is 39.8 Å². The van der Waals surface area contributed by atoms with E-state index < -0.39 is 5.97 Å². The number of carbonyl (C=O) groups is 1. The molecule has 0 heterocycles. The Hall–Kier alpha value is -1.35. The molecule has 0 aliphatic rings. The molecule has 1 atom stereocenters. The van der Waals surface area contributed by atoms with Gasteiger partial charge in [-0.2, -0.15) is 0 Å². The number of likely N-dealkylation sites (N-methyl/N-ethyl adjacent to an activating group) is 1. The van der Waals surface area contributed by atoms with Gasteiger partial charge in [-0.1, -0.05) is 38.1 Å². The van der Waals surface area contributed by atoms with Crippen molar-refractivity contribution in [3.63, 3.8) is 0 Å². The molecule has 0 bridgehead atoms. The Labute approximate surface area is 103 Å². The second kappa shape index (κ2) is 6.40. The molecule has 0 amide bonds. The van der Waals surface area contributed by atoms with Gasteiger partial charge in [-0.25, -0.2) is 0 Å². The number of rotatable bonds is 6. The van der Waals surface area contributed by atoms with Crippen LogP contribution in [0.15, 0.2) is 24.3 Å². The van der Waals surface area contributed by atoms with Gasteiger partial charge in [-0.05, 0) is 31.0 Å². The molecule has 0 saturated heterocycles. The average Bonchev–Trinajstić information content (AvgIpc) is 2.30. The van der Waals surface area contributed by atoms with E-state index in [2.05, 4.69) is 19.1 Å². The van der Waals surface area contributed by atoms with Gasteiger partial charge in [0.2, 0.25) is 0 Å². The highest BCUT2D eigenvalue weighted by molar-refractivity contribution is 5.73. The van der Waals surface area contributed by atoms with Crippen LogP contribution in [0.1, 0.15) is 31.4 Å². The lowest BCUT2D eigenvalue weighted by Crippen LogP contribution is -2.40. The molecular weight excluding hydrogens is 214 g/mol. The van der Waals surface area contributed by atoms with Gasteiger partial charge in [0, 0.05) is 6.54 Å². The van der Waals surface area contributed by atoms with Crippen LogP contribution < -0.4 is 0 Å². The molecule has 0 saturated carbocycles. The van der Waals surface area contributed by atoms with E-state index in [1.807, 2.05) is 30.9 Å². The molecule has 1 rings (SSSR count). The van der Waals surface area contributed by atoms with E-state index in [0.29, 0.717) is 13.0 Å². The lowest BCUT2D eigenvalue weighted by Gasteiger charge is -2.27. The van der Waals surface area contributed by atoms with Gasteiger partial charge in [0.05, 0.1) is 0 Å². The summed E-state index contributed by atoms with van der Waals surface area (Å²) in [6, 6.07) is 7.73. The topological polar surface area (TPSA) is 40.5 Å². The summed E-state index contributed by atoms with van der Waals surface area (Å²) in [7, 11) is 0. The summed E-state index contributed by atoms with van der Waals surface area (Å²) in [6.45, 7) is 7.43. The second-order valence-corrected chi connectivity index (χ2v) is 4.25. The predicted octanol–water partition coefficient (Wildman–Crippen LogP) is 2.68. The van der Waals surface area contributed by atoms with Crippen LogP contribution in [0.5, 0.6) is 0 Å². The minimum absolute atomic E-state index is 0.389. The number of nitrogens with zero attached hydrogens (tertiary/aromatic N) is 1. The quantitative estimate of drug-likeness (QED) is 0.824. The highest BCUT2D eigenvalue weighted by Gasteiger charge is 2.22. The normalized spacial score (nSPS) is 12.7. The molecule has 17 heavy (non-hydrogen) atoms. The Kier molecular flexibility index (Phi) is 5.16. The van der Waals surface area contributed by atoms with Crippen LogP contribution in [-0.4, -0.2) is 28.6 Å². The first kappa shape index (κ1) is 13.7. The largest absolute Gasteiger partial charge is 0.480 e. The molecule has 0 radical (unpaired) electrons. The zero-order chi connectivity index (χ0) is 12.8. The molecule has 1 aromatic rings. The molecule has 94 valence electrons. The number of carboxylic acids is 1. The smallest absolute Gasteiger partial charge is 0.320 e. The Morgan fingerprint density at radius 1 is 1.35 bits per heavy atom. The predicted molar refractivity (Wildman–Crippen MR) is 69.0 cm³/mol. The first-order valence-corrected chi connectivity index (χ1v) is 6.11. The van der Waals surface area contributed by atoms with Crippen molar-refractivity contribution in [2.24, 2.45) is 0 Å². The fraction of sp³-hybridized carbons (Fsp3) is 0.500. The van der Waals surface area contributed by atoms with Crippen molar-refractivity contribution >= 4 is 5.97 Å². The minimum atomic E-state index is -0.733. The van der Waals surface area contributed by atoms with Crippen molar-refractivity contribution < 1.29 is 9.90 Å². The van der Waals surface area contributed by atoms with Crippen molar-refractivity contribution in [3.8, 4) is 0 Å². The van der Waals surface area contributed by atoms with E-state index in [1.54, 1.807) is 0 Å². The lowest BCUT2D eigenvalue weighted by atomic mass is 10.1. The fourth-order valence-electron chi connectivity index (χ4n) is 2.04. The van der Waals surface area contributed by atoms with E-state index in [1.165, 1.54) is 11.1 Å². The zero-order valence-corrected chi connectivity index (χ0v) is 10.8. The molecular formula is C14H21NO2. The van der Waals surface area contributed by atoms with Gasteiger partial charge in [-0.15, -0.1) is 0 Å². The SMILES string of the molecule is CC[C@@H](C(=O)O)N(CC)Cc1ccccc1C. The van der Waals surface area contributed by atoms with Gasteiger partial charge in [0.1, 0.15) is 6.04 Å². The summed E-state index contributed by atoms with van der Waals surface area (Å²) >= 11 is 0. The number of aliphatic carboxylic acids is 1. The summed E-state index contributed by atoms with van der Waals surface area (Å²) < 4.78 is 0. The van der Waals surface area contributed by atoms with E-state index in [0.717, 1.165) is 6.54 Å². The van der Waals surface area contributed by atoms with Crippen molar-refractivity contribution in [1.82, 2.24) is 4.90 Å². The number of benzene rings is 1. The number of aryl methyl sites for hydroxylation is 1. The van der Waals surface area contributed by atoms with Crippen LogP contribution >= 0.6 is 0 Å². The molecule has 1 N–H and O–H groups in total. The Balaban J connectivity index is 2.83. The maximum atomic E-state index is 11.2. The maximum Gasteiger partial charge on any atom is 0.320 e. The van der Waals surface area contributed by atoms with Crippen molar-refractivity contribution in [3.05, 3.63) is 35.4 Å². The third-order valence-corrected chi connectivity index (χ3v) is 3.15.